The first-order chi connectivity index (χ1) is 13.1. The number of nitrogens with zero attached hydrogens (tertiary/aromatic N) is 1. The van der Waals surface area contributed by atoms with Gasteiger partial charge in [0, 0.05) is 29.3 Å². The van der Waals surface area contributed by atoms with Crippen LogP contribution in [0.1, 0.15) is 31.8 Å². The van der Waals surface area contributed by atoms with Crippen molar-refractivity contribution in [1.29, 1.82) is 0 Å². The predicted octanol–water partition coefficient (Wildman–Crippen LogP) is 3.76. The Labute approximate surface area is 155 Å². The molecule has 0 radical (unpaired) electrons. The van der Waals surface area contributed by atoms with E-state index in [4.69, 9.17) is 0 Å². The molecule has 3 aromatic carbocycles. The highest BCUT2D eigenvalue weighted by Crippen LogP contribution is 2.18. The third-order valence-corrected chi connectivity index (χ3v) is 4.08. The van der Waals surface area contributed by atoms with E-state index >= 15 is 0 Å². The molecule has 3 aromatic rings. The summed E-state index contributed by atoms with van der Waals surface area (Å²) in [7, 11) is 0. The molecule has 3 rings (SSSR count). The van der Waals surface area contributed by atoms with Crippen LogP contribution in [0.3, 0.4) is 0 Å². The van der Waals surface area contributed by atoms with Gasteiger partial charge in [0.05, 0.1) is 10.5 Å². The summed E-state index contributed by atoms with van der Waals surface area (Å²) in [4.78, 5) is 35.9. The molecule has 0 aliphatic rings. The maximum atomic E-state index is 12.7. The van der Waals surface area contributed by atoms with Crippen molar-refractivity contribution in [1.82, 2.24) is 5.32 Å². The number of para-hydroxylation sites is 1. The van der Waals surface area contributed by atoms with Crippen LogP contribution < -0.4 is 5.32 Å². The zero-order valence-corrected chi connectivity index (χ0v) is 14.3. The minimum absolute atomic E-state index is 0.0101. The van der Waals surface area contributed by atoms with Gasteiger partial charge in [-0.2, -0.15) is 0 Å². The molecule has 0 aliphatic heterocycles. The van der Waals surface area contributed by atoms with Crippen LogP contribution in [0.25, 0.3) is 0 Å². The second-order valence-electron chi connectivity index (χ2n) is 5.81. The molecule has 0 aliphatic carbocycles. The molecule has 0 fully saturated rings. The van der Waals surface area contributed by atoms with Gasteiger partial charge in [-0.15, -0.1) is 0 Å². The molecule has 0 heterocycles. The molecule has 6 nitrogen and oxygen atoms in total. The van der Waals surface area contributed by atoms with E-state index < -0.39 is 10.8 Å². The minimum atomic E-state index is -0.492. The largest absolute Gasteiger partial charge is 0.348 e. The van der Waals surface area contributed by atoms with Crippen molar-refractivity contribution in [2.75, 3.05) is 0 Å². The number of amides is 1. The van der Waals surface area contributed by atoms with Crippen molar-refractivity contribution in [3.63, 3.8) is 0 Å². The van der Waals surface area contributed by atoms with Gasteiger partial charge in [-0.3, -0.25) is 19.7 Å². The van der Waals surface area contributed by atoms with Crippen molar-refractivity contribution in [3.05, 3.63) is 111 Å². The smallest absolute Gasteiger partial charge is 0.274 e. The van der Waals surface area contributed by atoms with Crippen LogP contribution >= 0.6 is 0 Å². The fraction of sp³-hybridized carbons (Fsp3) is 0.0476. The number of hydrogen-bond acceptors (Lipinski definition) is 4. The molecular weight excluding hydrogens is 344 g/mol. The van der Waals surface area contributed by atoms with Gasteiger partial charge >= 0.3 is 0 Å². The van der Waals surface area contributed by atoms with Crippen molar-refractivity contribution in [3.8, 4) is 0 Å². The Hall–Kier alpha value is -3.80. The van der Waals surface area contributed by atoms with Crippen molar-refractivity contribution >= 4 is 17.4 Å². The number of hydrogen-bond donors (Lipinski definition) is 1. The van der Waals surface area contributed by atoms with Crippen LogP contribution in [-0.2, 0) is 6.54 Å². The summed E-state index contributed by atoms with van der Waals surface area (Å²) < 4.78 is 0. The summed E-state index contributed by atoms with van der Waals surface area (Å²) in [5, 5.41) is 13.7. The van der Waals surface area contributed by atoms with Gasteiger partial charge in [0.15, 0.2) is 5.78 Å². The third kappa shape index (κ3) is 4.07. The van der Waals surface area contributed by atoms with E-state index in [1.54, 1.807) is 66.7 Å². The van der Waals surface area contributed by atoms with Gasteiger partial charge in [-0.1, -0.05) is 66.7 Å². The molecule has 0 atom stereocenters. The lowest BCUT2D eigenvalue weighted by atomic mass is 9.98. The first-order valence-corrected chi connectivity index (χ1v) is 8.27. The molecule has 134 valence electrons. The molecule has 0 saturated heterocycles. The standard InChI is InChI=1S/C21H16N2O4/c24-20(15-8-2-1-3-9-15)17-11-5-6-12-18(17)21(25)22-14-16-10-4-7-13-19(16)23(26)27/h1-13H,14H2,(H,22,25). The highest BCUT2D eigenvalue weighted by Gasteiger charge is 2.19. The van der Waals surface area contributed by atoms with E-state index in [2.05, 4.69) is 5.32 Å². The molecule has 0 saturated carbocycles. The maximum Gasteiger partial charge on any atom is 0.274 e. The van der Waals surface area contributed by atoms with E-state index in [1.807, 2.05) is 6.07 Å². The van der Waals surface area contributed by atoms with Gasteiger partial charge < -0.3 is 5.32 Å². The number of nitrogens with one attached hydrogen (secondary N) is 1. The molecule has 6 heteroatoms. The van der Waals surface area contributed by atoms with Crippen molar-refractivity contribution in [2.24, 2.45) is 0 Å². The summed E-state index contributed by atoms with van der Waals surface area (Å²) in [6.45, 7) is -0.0101. The summed E-state index contributed by atoms with van der Waals surface area (Å²) >= 11 is 0. The highest BCUT2D eigenvalue weighted by atomic mass is 16.6. The number of rotatable bonds is 6. The third-order valence-electron chi connectivity index (χ3n) is 4.08. The lowest BCUT2D eigenvalue weighted by Gasteiger charge is -2.10. The Bertz CT molecular complexity index is 1000. The van der Waals surface area contributed by atoms with Crippen LogP contribution in [0.2, 0.25) is 0 Å². The lowest BCUT2D eigenvalue weighted by Crippen LogP contribution is -2.25. The van der Waals surface area contributed by atoms with Crippen LogP contribution in [0.4, 0.5) is 5.69 Å². The topological polar surface area (TPSA) is 89.3 Å². The van der Waals surface area contributed by atoms with Crippen molar-refractivity contribution < 1.29 is 14.5 Å². The first kappa shape index (κ1) is 18.0. The van der Waals surface area contributed by atoms with E-state index in [1.165, 1.54) is 6.07 Å². The van der Waals surface area contributed by atoms with Crippen LogP contribution in [0.5, 0.6) is 0 Å². The minimum Gasteiger partial charge on any atom is -0.348 e. The van der Waals surface area contributed by atoms with E-state index in [0.29, 0.717) is 11.1 Å². The van der Waals surface area contributed by atoms with Gasteiger partial charge in [0.2, 0.25) is 0 Å². The van der Waals surface area contributed by atoms with E-state index in [0.717, 1.165) is 0 Å². The van der Waals surface area contributed by atoms with Gasteiger partial charge in [0.1, 0.15) is 0 Å². The zero-order valence-electron chi connectivity index (χ0n) is 14.3. The lowest BCUT2D eigenvalue weighted by molar-refractivity contribution is -0.385. The van der Waals surface area contributed by atoms with Crippen LogP contribution in [0.15, 0.2) is 78.9 Å². The average molecular weight is 360 g/mol. The van der Waals surface area contributed by atoms with Gasteiger partial charge in [-0.25, -0.2) is 0 Å². The molecular formula is C21H16N2O4. The SMILES string of the molecule is O=C(NCc1ccccc1[N+](=O)[O-])c1ccccc1C(=O)c1ccccc1. The number of carbonyl (C=O) groups excluding carboxylic acids is 2. The average Bonchev–Trinajstić information content (AvgIpc) is 2.72. The maximum absolute atomic E-state index is 12.7. The fourth-order valence-electron chi connectivity index (χ4n) is 2.73. The molecule has 27 heavy (non-hydrogen) atoms. The molecule has 1 N–H and O–H groups in total. The second-order valence-corrected chi connectivity index (χ2v) is 5.81. The number of nitro benzene ring substituents is 1. The number of carbonyl (C=O) groups is 2. The Morgan fingerprint density at radius 1 is 0.815 bits per heavy atom. The second kappa shape index (κ2) is 8.05. The van der Waals surface area contributed by atoms with Crippen LogP contribution in [-0.4, -0.2) is 16.6 Å². The Kier molecular flexibility index (Phi) is 5.37. The molecule has 1 amide bonds. The Morgan fingerprint density at radius 3 is 2.11 bits per heavy atom. The predicted molar refractivity (Wildman–Crippen MR) is 101 cm³/mol. The number of benzene rings is 3. The van der Waals surface area contributed by atoms with Gasteiger partial charge in [0.25, 0.3) is 11.6 Å². The zero-order chi connectivity index (χ0) is 19.2. The summed E-state index contributed by atoms with van der Waals surface area (Å²) in [6.07, 6.45) is 0. The highest BCUT2D eigenvalue weighted by molar-refractivity contribution is 6.15. The first-order valence-electron chi connectivity index (χ1n) is 8.27. The normalized spacial score (nSPS) is 10.2. The Morgan fingerprint density at radius 2 is 1.41 bits per heavy atom. The fourth-order valence-corrected chi connectivity index (χ4v) is 2.73. The molecule has 0 aromatic heterocycles. The van der Waals surface area contributed by atoms with E-state index in [9.17, 15) is 19.7 Å². The van der Waals surface area contributed by atoms with Crippen LogP contribution in [0, 0.1) is 10.1 Å². The summed E-state index contributed by atoms with van der Waals surface area (Å²) in [6, 6.07) is 21.4. The summed E-state index contributed by atoms with van der Waals surface area (Å²) in [5.41, 5.74) is 1.32. The number of nitro groups is 1. The van der Waals surface area contributed by atoms with Crippen molar-refractivity contribution in [2.45, 2.75) is 6.54 Å². The monoisotopic (exact) mass is 360 g/mol. The molecule has 0 unspecified atom stereocenters. The molecule has 0 spiro atoms. The quantitative estimate of drug-likeness (QED) is 0.412. The number of ketones is 1. The van der Waals surface area contributed by atoms with Gasteiger partial charge in [-0.05, 0) is 6.07 Å². The summed E-state index contributed by atoms with van der Waals surface area (Å²) in [5.74, 6) is -0.722. The van der Waals surface area contributed by atoms with E-state index in [-0.39, 0.29) is 29.1 Å². The Balaban J connectivity index is 1.83. The molecule has 0 bridgehead atoms.